The van der Waals surface area contributed by atoms with Crippen LogP contribution in [0.5, 0.6) is 0 Å². The molecule has 0 fully saturated rings. The average Bonchev–Trinajstić information content (AvgIpc) is 2.43. The lowest BCUT2D eigenvalue weighted by Crippen LogP contribution is -1.89. The van der Waals surface area contributed by atoms with Crippen LogP contribution in [0, 0.1) is 11.3 Å². The minimum atomic E-state index is 0.318. The molecule has 0 unspecified atom stereocenters. The topological polar surface area (TPSA) is 66.9 Å². The van der Waals surface area contributed by atoms with Crippen molar-refractivity contribution >= 4 is 35.1 Å². The number of carbonyl (C=O) groups excluding carboxylic acids is 1. The molecule has 2 N–H and O–H groups in total. The van der Waals surface area contributed by atoms with Gasteiger partial charge in [-0.25, -0.2) is 0 Å². The summed E-state index contributed by atoms with van der Waals surface area (Å²) in [6, 6.07) is 2.01. The first-order chi connectivity index (χ1) is 6.24. The van der Waals surface area contributed by atoms with E-state index < -0.39 is 0 Å². The van der Waals surface area contributed by atoms with E-state index in [-0.39, 0.29) is 0 Å². The molecule has 3 nitrogen and oxygen atoms in total. The zero-order valence-electron chi connectivity index (χ0n) is 7.03. The van der Waals surface area contributed by atoms with Gasteiger partial charge >= 0.3 is 0 Å². The van der Waals surface area contributed by atoms with E-state index in [1.807, 2.05) is 13.0 Å². The van der Waals surface area contributed by atoms with Gasteiger partial charge in [-0.1, -0.05) is 6.92 Å². The van der Waals surface area contributed by atoms with Crippen LogP contribution in [0.1, 0.15) is 22.2 Å². The molecule has 1 rings (SSSR count). The molecule has 13 heavy (non-hydrogen) atoms. The zero-order chi connectivity index (χ0) is 9.84. The molecule has 0 radical (unpaired) electrons. The molecule has 0 aliphatic rings. The Morgan fingerprint density at radius 2 is 2.46 bits per heavy atom. The molecule has 0 aliphatic heterocycles. The van der Waals surface area contributed by atoms with Gasteiger partial charge in [-0.05, 0) is 5.75 Å². The highest BCUT2D eigenvalue weighted by Crippen LogP contribution is 2.36. The number of nitrogen functional groups attached to an aromatic ring is 1. The van der Waals surface area contributed by atoms with E-state index in [1.54, 1.807) is 0 Å². The van der Waals surface area contributed by atoms with Gasteiger partial charge in [0.2, 0.25) is 0 Å². The number of carbonyl (C=O) groups is 1. The van der Waals surface area contributed by atoms with E-state index in [1.165, 1.54) is 23.1 Å². The predicted octanol–water partition coefficient (Wildman–Crippen LogP) is 2.13. The quantitative estimate of drug-likeness (QED) is 0.615. The standard InChI is InChI=1S/C8H8N2OS2/c1-2-12-8-5(3-9)7(10)6(4-11)13-8/h4H,2,10H2,1H3. The molecule has 5 heteroatoms. The first-order valence-electron chi connectivity index (χ1n) is 3.64. The van der Waals surface area contributed by atoms with E-state index >= 15 is 0 Å². The second kappa shape index (κ2) is 4.30. The number of thioether (sulfide) groups is 1. The van der Waals surface area contributed by atoms with Gasteiger partial charge in [-0.15, -0.1) is 23.1 Å². The lowest BCUT2D eigenvalue weighted by Gasteiger charge is -1.92. The van der Waals surface area contributed by atoms with Crippen molar-refractivity contribution < 1.29 is 4.79 Å². The molecule has 68 valence electrons. The predicted molar refractivity (Wildman–Crippen MR) is 55.2 cm³/mol. The SMILES string of the molecule is CCSc1sc(C=O)c(N)c1C#N. The van der Waals surface area contributed by atoms with Crippen molar-refractivity contribution in [1.82, 2.24) is 0 Å². The highest BCUT2D eigenvalue weighted by Gasteiger charge is 2.14. The summed E-state index contributed by atoms with van der Waals surface area (Å²) < 4.78 is 0.838. The summed E-state index contributed by atoms with van der Waals surface area (Å²) in [6.45, 7) is 1.99. The van der Waals surface area contributed by atoms with Crippen molar-refractivity contribution in [1.29, 1.82) is 5.26 Å². The molecular weight excluding hydrogens is 204 g/mol. The van der Waals surface area contributed by atoms with Crippen LogP contribution < -0.4 is 5.73 Å². The van der Waals surface area contributed by atoms with Crippen LogP contribution in [-0.2, 0) is 0 Å². The van der Waals surface area contributed by atoms with Gasteiger partial charge in [0.1, 0.15) is 11.6 Å². The summed E-state index contributed by atoms with van der Waals surface area (Å²) in [7, 11) is 0. The summed E-state index contributed by atoms with van der Waals surface area (Å²) in [4.78, 5) is 11.0. The molecule has 0 spiro atoms. The maximum absolute atomic E-state index is 10.5. The van der Waals surface area contributed by atoms with E-state index in [9.17, 15) is 4.79 Å². The Morgan fingerprint density at radius 1 is 1.77 bits per heavy atom. The van der Waals surface area contributed by atoms with Crippen molar-refractivity contribution in [3.05, 3.63) is 10.4 Å². The van der Waals surface area contributed by atoms with Gasteiger partial charge in [-0.2, -0.15) is 5.26 Å². The second-order valence-electron chi connectivity index (χ2n) is 2.21. The van der Waals surface area contributed by atoms with Gasteiger partial charge < -0.3 is 5.73 Å². The minimum Gasteiger partial charge on any atom is -0.396 e. The number of rotatable bonds is 3. The Morgan fingerprint density at radius 3 is 2.92 bits per heavy atom. The Balaban J connectivity index is 3.21. The van der Waals surface area contributed by atoms with Gasteiger partial charge in [0.25, 0.3) is 0 Å². The molecule has 0 saturated carbocycles. The Bertz CT molecular complexity index is 365. The van der Waals surface area contributed by atoms with Crippen LogP contribution >= 0.6 is 23.1 Å². The number of nitriles is 1. The van der Waals surface area contributed by atoms with Crippen LogP contribution in [0.25, 0.3) is 0 Å². The van der Waals surface area contributed by atoms with Crippen molar-refractivity contribution in [3.8, 4) is 6.07 Å². The van der Waals surface area contributed by atoms with Gasteiger partial charge in [0.05, 0.1) is 14.8 Å². The molecule has 0 amide bonds. The van der Waals surface area contributed by atoms with Crippen molar-refractivity contribution in [2.24, 2.45) is 0 Å². The lowest BCUT2D eigenvalue weighted by atomic mass is 10.3. The van der Waals surface area contributed by atoms with E-state index in [0.29, 0.717) is 22.4 Å². The van der Waals surface area contributed by atoms with Crippen LogP contribution in [0.4, 0.5) is 5.69 Å². The molecule has 1 aromatic rings. The second-order valence-corrected chi connectivity index (χ2v) is 4.79. The molecule has 0 bridgehead atoms. The minimum absolute atomic E-state index is 0.318. The maximum atomic E-state index is 10.5. The van der Waals surface area contributed by atoms with Gasteiger partial charge in [0, 0.05) is 0 Å². The summed E-state index contributed by atoms with van der Waals surface area (Å²) >= 11 is 2.82. The zero-order valence-corrected chi connectivity index (χ0v) is 8.67. The molecule has 0 aliphatic carbocycles. The third-order valence-corrected chi connectivity index (χ3v) is 3.72. The largest absolute Gasteiger partial charge is 0.396 e. The fourth-order valence-electron chi connectivity index (χ4n) is 0.865. The summed E-state index contributed by atoms with van der Waals surface area (Å²) in [5.41, 5.74) is 6.36. The lowest BCUT2D eigenvalue weighted by molar-refractivity contribution is 0.112. The molecule has 1 aromatic heterocycles. The number of nitrogens with zero attached hydrogens (tertiary/aromatic N) is 1. The third-order valence-electron chi connectivity index (χ3n) is 1.44. The van der Waals surface area contributed by atoms with Crippen LogP contribution in [0.3, 0.4) is 0 Å². The Hall–Kier alpha value is -0.990. The summed E-state index contributed by atoms with van der Waals surface area (Å²) in [6.07, 6.45) is 0.695. The molecule has 1 heterocycles. The third kappa shape index (κ3) is 1.85. The van der Waals surface area contributed by atoms with Crippen LogP contribution in [-0.4, -0.2) is 12.0 Å². The number of thiophene rings is 1. The number of anilines is 1. The molecule has 0 atom stereocenters. The number of hydrogen-bond donors (Lipinski definition) is 1. The van der Waals surface area contributed by atoms with Gasteiger partial charge in [0.15, 0.2) is 6.29 Å². The van der Waals surface area contributed by atoms with Crippen molar-refractivity contribution in [2.45, 2.75) is 11.1 Å². The number of hydrogen-bond acceptors (Lipinski definition) is 5. The molecular formula is C8H8N2OS2. The fourth-order valence-corrected chi connectivity index (χ4v) is 3.00. The molecule has 0 aromatic carbocycles. The van der Waals surface area contributed by atoms with Crippen molar-refractivity contribution in [2.75, 3.05) is 11.5 Å². The Labute approximate surface area is 84.5 Å². The van der Waals surface area contributed by atoms with Crippen LogP contribution in [0.2, 0.25) is 0 Å². The van der Waals surface area contributed by atoms with Crippen LogP contribution in [0.15, 0.2) is 4.21 Å². The normalized spacial score (nSPS) is 9.54. The van der Waals surface area contributed by atoms with Gasteiger partial charge in [-0.3, -0.25) is 4.79 Å². The van der Waals surface area contributed by atoms with E-state index in [0.717, 1.165) is 9.96 Å². The first-order valence-corrected chi connectivity index (χ1v) is 5.45. The average molecular weight is 212 g/mol. The van der Waals surface area contributed by atoms with E-state index in [4.69, 9.17) is 11.0 Å². The Kier molecular flexibility index (Phi) is 3.34. The summed E-state index contributed by atoms with van der Waals surface area (Å²) in [5, 5.41) is 8.78. The molecule has 0 saturated heterocycles. The number of nitrogens with two attached hydrogens (primary N) is 1. The highest BCUT2D eigenvalue weighted by atomic mass is 32.2. The first kappa shape index (κ1) is 10.1. The fraction of sp³-hybridized carbons (Fsp3) is 0.250. The summed E-state index contributed by atoms with van der Waals surface area (Å²) in [5.74, 6) is 0.868. The number of aldehydes is 1. The van der Waals surface area contributed by atoms with Crippen molar-refractivity contribution in [3.63, 3.8) is 0 Å². The monoisotopic (exact) mass is 212 g/mol. The highest BCUT2D eigenvalue weighted by molar-refractivity contribution is 8.01. The smallest absolute Gasteiger partial charge is 0.162 e. The maximum Gasteiger partial charge on any atom is 0.162 e. The van der Waals surface area contributed by atoms with E-state index in [2.05, 4.69) is 0 Å².